The van der Waals surface area contributed by atoms with Gasteiger partial charge in [0.25, 0.3) is 0 Å². The van der Waals surface area contributed by atoms with Gasteiger partial charge in [-0.3, -0.25) is 14.9 Å². The maximum atomic E-state index is 12.1. The van der Waals surface area contributed by atoms with Crippen molar-refractivity contribution in [1.29, 1.82) is 0 Å². The summed E-state index contributed by atoms with van der Waals surface area (Å²) < 4.78 is 1.95. The Morgan fingerprint density at radius 2 is 2.00 bits per heavy atom. The normalized spacial score (nSPS) is 10.8. The van der Waals surface area contributed by atoms with Crippen LogP contribution in [0.5, 0.6) is 0 Å². The van der Waals surface area contributed by atoms with E-state index >= 15 is 0 Å². The number of para-hydroxylation sites is 2. The molecule has 1 N–H and O–H groups in total. The minimum Gasteiger partial charge on any atom is -0.310 e. The Bertz CT molecular complexity index is 837. The van der Waals surface area contributed by atoms with Crippen LogP contribution in [0.25, 0.3) is 11.0 Å². The fourth-order valence-electron chi connectivity index (χ4n) is 2.47. The van der Waals surface area contributed by atoms with Crippen molar-refractivity contribution in [3.8, 4) is 0 Å². The van der Waals surface area contributed by atoms with E-state index < -0.39 is 0 Å². The van der Waals surface area contributed by atoms with Crippen LogP contribution in [-0.4, -0.2) is 21.2 Å². The minimum absolute atomic E-state index is 0.000792. The number of ketones is 1. The fourth-order valence-corrected chi connectivity index (χ4v) is 3.16. The molecule has 23 heavy (non-hydrogen) atoms. The van der Waals surface area contributed by atoms with Crippen LogP contribution >= 0.6 is 11.3 Å². The molecule has 0 aliphatic carbocycles. The molecule has 3 aromatic rings. The number of Topliss-reactive ketones (excluding diaryl/α,β-unsaturated/α-hetero) is 1. The van der Waals surface area contributed by atoms with Crippen molar-refractivity contribution in [3.05, 3.63) is 46.7 Å². The van der Waals surface area contributed by atoms with Gasteiger partial charge in [0.15, 0.2) is 5.78 Å². The lowest BCUT2D eigenvalue weighted by Crippen LogP contribution is -2.16. The molecule has 1 amide bonds. The van der Waals surface area contributed by atoms with E-state index in [4.69, 9.17) is 0 Å². The lowest BCUT2D eigenvalue weighted by Gasteiger charge is -2.07. The van der Waals surface area contributed by atoms with Crippen molar-refractivity contribution >= 4 is 40.0 Å². The van der Waals surface area contributed by atoms with Crippen LogP contribution in [0, 0.1) is 0 Å². The van der Waals surface area contributed by atoms with Gasteiger partial charge in [0.2, 0.25) is 11.9 Å². The molecule has 0 bridgehead atoms. The average Bonchev–Trinajstić information content (AvgIpc) is 3.19. The van der Waals surface area contributed by atoms with Gasteiger partial charge in [0.1, 0.15) is 0 Å². The Kier molecular flexibility index (Phi) is 4.52. The summed E-state index contributed by atoms with van der Waals surface area (Å²) in [7, 11) is 0. The third-order valence-electron chi connectivity index (χ3n) is 3.60. The molecular weight excluding hydrogens is 310 g/mol. The van der Waals surface area contributed by atoms with Gasteiger partial charge in [0, 0.05) is 19.4 Å². The molecule has 0 saturated carbocycles. The predicted molar refractivity (Wildman–Crippen MR) is 91.9 cm³/mol. The van der Waals surface area contributed by atoms with Crippen LogP contribution in [0.1, 0.15) is 29.4 Å². The van der Waals surface area contributed by atoms with Crippen molar-refractivity contribution in [2.45, 2.75) is 26.3 Å². The van der Waals surface area contributed by atoms with E-state index in [0.717, 1.165) is 11.0 Å². The van der Waals surface area contributed by atoms with Gasteiger partial charge < -0.3 is 4.57 Å². The first-order valence-electron chi connectivity index (χ1n) is 7.51. The summed E-state index contributed by atoms with van der Waals surface area (Å²) in [5, 5.41) is 4.67. The number of benzene rings is 1. The fraction of sp³-hybridized carbons (Fsp3) is 0.235. The van der Waals surface area contributed by atoms with Crippen LogP contribution in [0.2, 0.25) is 0 Å². The highest BCUT2D eigenvalue weighted by molar-refractivity contribution is 7.12. The molecule has 0 unspecified atom stereocenters. The number of fused-ring (bicyclic) bond motifs is 1. The quantitative estimate of drug-likeness (QED) is 0.702. The molecule has 0 saturated heterocycles. The van der Waals surface area contributed by atoms with Gasteiger partial charge in [-0.25, -0.2) is 4.98 Å². The van der Waals surface area contributed by atoms with Crippen molar-refractivity contribution in [1.82, 2.24) is 9.55 Å². The molecule has 2 aromatic heterocycles. The molecule has 5 nitrogen and oxygen atoms in total. The van der Waals surface area contributed by atoms with E-state index in [1.54, 1.807) is 6.07 Å². The number of nitrogens with one attached hydrogen (secondary N) is 1. The Morgan fingerprint density at radius 1 is 1.17 bits per heavy atom. The maximum absolute atomic E-state index is 12.1. The average molecular weight is 327 g/mol. The van der Waals surface area contributed by atoms with Gasteiger partial charge in [-0.2, -0.15) is 0 Å². The van der Waals surface area contributed by atoms with Gasteiger partial charge in [0.05, 0.1) is 15.9 Å². The van der Waals surface area contributed by atoms with Crippen LogP contribution in [-0.2, 0) is 11.3 Å². The van der Waals surface area contributed by atoms with Crippen LogP contribution in [0.15, 0.2) is 41.8 Å². The number of anilines is 1. The van der Waals surface area contributed by atoms with Crippen LogP contribution < -0.4 is 5.32 Å². The molecule has 0 fully saturated rings. The third-order valence-corrected chi connectivity index (χ3v) is 4.51. The number of thiophene rings is 1. The summed E-state index contributed by atoms with van der Waals surface area (Å²) in [4.78, 5) is 29.2. The summed E-state index contributed by atoms with van der Waals surface area (Å²) in [6.07, 6.45) is 0.363. The van der Waals surface area contributed by atoms with Crippen molar-refractivity contribution in [2.75, 3.05) is 5.32 Å². The summed E-state index contributed by atoms with van der Waals surface area (Å²) in [6, 6.07) is 11.4. The molecule has 0 atom stereocenters. The molecule has 6 heteroatoms. The smallest absolute Gasteiger partial charge is 0.227 e. The van der Waals surface area contributed by atoms with Crippen LogP contribution in [0.3, 0.4) is 0 Å². The standard InChI is InChI=1S/C17H17N3O2S/c1-2-20-13-7-4-3-6-12(13)18-17(20)19-16(22)10-9-14(21)15-8-5-11-23-15/h3-8,11H,2,9-10H2,1H3,(H,18,19,22). The predicted octanol–water partition coefficient (Wildman–Crippen LogP) is 3.72. The summed E-state index contributed by atoms with van der Waals surface area (Å²) in [5.74, 6) is 0.335. The van der Waals surface area contributed by atoms with E-state index in [9.17, 15) is 9.59 Å². The van der Waals surface area contributed by atoms with E-state index in [0.29, 0.717) is 17.4 Å². The molecule has 0 aliphatic rings. The second-order valence-corrected chi connectivity index (χ2v) is 6.06. The Morgan fingerprint density at radius 3 is 2.74 bits per heavy atom. The number of carbonyl (C=O) groups excluding carboxylic acids is 2. The lowest BCUT2D eigenvalue weighted by atomic mass is 10.2. The highest BCUT2D eigenvalue weighted by Gasteiger charge is 2.14. The molecule has 2 heterocycles. The first kappa shape index (κ1) is 15.4. The van der Waals surface area contributed by atoms with Crippen molar-refractivity contribution in [3.63, 3.8) is 0 Å². The molecule has 0 spiro atoms. The number of aryl methyl sites for hydroxylation is 1. The molecule has 0 aliphatic heterocycles. The van der Waals surface area contributed by atoms with E-state index in [1.807, 2.05) is 47.2 Å². The molecule has 0 radical (unpaired) electrons. The number of imidazole rings is 1. The number of hydrogen-bond donors (Lipinski definition) is 1. The summed E-state index contributed by atoms with van der Waals surface area (Å²) >= 11 is 1.40. The van der Waals surface area contributed by atoms with E-state index in [-0.39, 0.29) is 24.5 Å². The van der Waals surface area contributed by atoms with Crippen molar-refractivity contribution in [2.24, 2.45) is 0 Å². The molecule has 118 valence electrons. The summed E-state index contributed by atoms with van der Waals surface area (Å²) in [5.41, 5.74) is 1.83. The van der Waals surface area contributed by atoms with Crippen molar-refractivity contribution < 1.29 is 9.59 Å². The van der Waals surface area contributed by atoms with E-state index in [2.05, 4.69) is 10.3 Å². The van der Waals surface area contributed by atoms with Crippen LogP contribution in [0.4, 0.5) is 5.95 Å². The largest absolute Gasteiger partial charge is 0.310 e. The summed E-state index contributed by atoms with van der Waals surface area (Å²) in [6.45, 7) is 2.72. The second kappa shape index (κ2) is 6.75. The highest BCUT2D eigenvalue weighted by Crippen LogP contribution is 2.19. The topological polar surface area (TPSA) is 64.0 Å². The molecule has 3 rings (SSSR count). The number of hydrogen-bond acceptors (Lipinski definition) is 4. The molecule has 1 aromatic carbocycles. The first-order chi connectivity index (χ1) is 11.2. The number of rotatable bonds is 6. The number of nitrogens with zero attached hydrogens (tertiary/aromatic N) is 2. The zero-order chi connectivity index (χ0) is 16.2. The minimum atomic E-state index is -0.195. The Balaban J connectivity index is 1.67. The zero-order valence-electron chi connectivity index (χ0n) is 12.8. The second-order valence-electron chi connectivity index (χ2n) is 5.12. The SMILES string of the molecule is CCn1c(NC(=O)CCC(=O)c2cccs2)nc2ccccc21. The van der Waals surface area contributed by atoms with E-state index in [1.165, 1.54) is 11.3 Å². The number of amides is 1. The molecular formula is C17H17N3O2S. The number of carbonyl (C=O) groups is 2. The maximum Gasteiger partial charge on any atom is 0.227 e. The highest BCUT2D eigenvalue weighted by atomic mass is 32.1. The van der Waals surface area contributed by atoms with Gasteiger partial charge >= 0.3 is 0 Å². The third kappa shape index (κ3) is 3.32. The lowest BCUT2D eigenvalue weighted by molar-refractivity contribution is -0.116. The van der Waals surface area contributed by atoms with Gasteiger partial charge in [-0.1, -0.05) is 18.2 Å². The van der Waals surface area contributed by atoms with Gasteiger partial charge in [-0.15, -0.1) is 11.3 Å². The zero-order valence-corrected chi connectivity index (χ0v) is 13.6. The Hall–Kier alpha value is -2.47. The first-order valence-corrected chi connectivity index (χ1v) is 8.39. The number of aromatic nitrogens is 2. The monoisotopic (exact) mass is 327 g/mol. The van der Waals surface area contributed by atoms with Gasteiger partial charge in [-0.05, 0) is 30.5 Å². The Labute approximate surface area is 138 Å².